The van der Waals surface area contributed by atoms with E-state index in [0.717, 1.165) is 62.5 Å². The van der Waals surface area contributed by atoms with Crippen LogP contribution >= 0.6 is 15.9 Å². The number of nitrogens with zero attached hydrogens (tertiary/aromatic N) is 5. The molecule has 1 N–H and O–H groups in total. The van der Waals surface area contributed by atoms with Crippen LogP contribution in [0.3, 0.4) is 0 Å². The van der Waals surface area contributed by atoms with Gasteiger partial charge < -0.3 is 18.9 Å². The summed E-state index contributed by atoms with van der Waals surface area (Å²) in [6.45, 7) is 18.5. The van der Waals surface area contributed by atoms with E-state index in [1.165, 1.54) is 24.3 Å². The summed E-state index contributed by atoms with van der Waals surface area (Å²) in [5, 5.41) is 8.82. The molecule has 2 aliphatic rings. The van der Waals surface area contributed by atoms with Crippen LogP contribution in [0, 0.1) is 0 Å². The minimum Gasteiger partial charge on any atom is -0.438 e. The van der Waals surface area contributed by atoms with Crippen LogP contribution in [-0.2, 0) is 62.4 Å². The Morgan fingerprint density at radius 3 is 1.49 bits per heavy atom. The van der Waals surface area contributed by atoms with E-state index in [1.54, 1.807) is 21.5 Å². The normalized spacial score (nSPS) is 15.5. The van der Waals surface area contributed by atoms with Crippen LogP contribution in [0.1, 0.15) is 72.1 Å². The fraction of sp³-hybridized carbons (Fsp3) is 0.380. The van der Waals surface area contributed by atoms with Crippen molar-refractivity contribution >= 4 is 43.6 Å². The molecule has 8 rings (SSSR count). The van der Waals surface area contributed by atoms with Gasteiger partial charge in [0.05, 0.1) is 75.1 Å². The van der Waals surface area contributed by atoms with Crippen molar-refractivity contribution < 1.29 is 53.7 Å². The Labute approximate surface area is 422 Å². The molecule has 2 fully saturated rings. The van der Waals surface area contributed by atoms with Crippen molar-refractivity contribution in [1.29, 1.82) is 0 Å². The number of hydrogen-bond acceptors (Lipinski definition) is 8. The molecule has 0 spiro atoms. The molecular formula is C50H55BrF6N6O6S2. The zero-order valence-corrected chi connectivity index (χ0v) is 43.5. The highest BCUT2D eigenvalue weighted by Gasteiger charge is 2.43. The fourth-order valence-corrected chi connectivity index (χ4v) is 8.45. The van der Waals surface area contributed by atoms with E-state index in [4.69, 9.17) is 18.9 Å². The molecule has 4 heterocycles. The van der Waals surface area contributed by atoms with Gasteiger partial charge in [-0.25, -0.2) is 13.1 Å². The molecule has 4 aromatic carbocycles. The molecule has 2 aliphatic heterocycles. The minimum atomic E-state index is -4.41. The van der Waals surface area contributed by atoms with E-state index < -0.39 is 55.7 Å². The van der Waals surface area contributed by atoms with Gasteiger partial charge in [-0.1, -0.05) is 46.3 Å². The fourth-order valence-electron chi connectivity index (χ4n) is 6.54. The summed E-state index contributed by atoms with van der Waals surface area (Å²) in [6.07, 6.45) is -8.77. The molecule has 0 bridgehead atoms. The SMILES string of the molecule is CC(C)(C)S(=O)N=C1COC1.CCn1nc(Oc2ccc(C(F)(F)F)cc2)cc1-c1cccc(Br)c1.CCn1nc(Oc2ccc(C(F)(F)F)cc2)cc1-c1cccc(C2(NS(=O)C(C)(C)C)COC2)c1. The third-order valence-corrected chi connectivity index (χ3v) is 14.2. The van der Waals surface area contributed by atoms with Gasteiger partial charge in [-0.2, -0.15) is 30.7 Å². The molecule has 0 amide bonds. The molecule has 21 heteroatoms. The Hall–Kier alpha value is -5.19. The number of aryl methyl sites for hydroxylation is 2. The number of ether oxygens (including phenoxy) is 4. The van der Waals surface area contributed by atoms with Gasteiger partial charge in [-0.05, 0) is 128 Å². The molecule has 2 atom stereocenters. The quantitative estimate of drug-likeness (QED) is 0.120. The van der Waals surface area contributed by atoms with Crippen molar-refractivity contribution in [1.82, 2.24) is 24.3 Å². The molecular weight excluding hydrogens is 1040 g/mol. The average molecular weight is 1090 g/mol. The number of rotatable bonds is 12. The number of nitrogens with one attached hydrogen (secondary N) is 1. The van der Waals surface area contributed by atoms with E-state index in [-0.39, 0.29) is 16.4 Å². The number of halogens is 7. The van der Waals surface area contributed by atoms with Crippen LogP contribution in [0.2, 0.25) is 0 Å². The van der Waals surface area contributed by atoms with Gasteiger partial charge in [0.2, 0.25) is 11.8 Å². The first-order valence-corrected chi connectivity index (χ1v) is 25.4. The molecule has 2 saturated heterocycles. The predicted octanol–water partition coefficient (Wildman–Crippen LogP) is 12.7. The molecule has 382 valence electrons. The van der Waals surface area contributed by atoms with Gasteiger partial charge in [0.25, 0.3) is 0 Å². The maximum absolute atomic E-state index is 12.8. The van der Waals surface area contributed by atoms with Crippen LogP contribution in [0.4, 0.5) is 26.3 Å². The van der Waals surface area contributed by atoms with Crippen molar-refractivity contribution in [2.24, 2.45) is 4.40 Å². The number of alkyl halides is 6. The number of benzene rings is 4. The Kier molecular flexibility index (Phi) is 17.6. The summed E-state index contributed by atoms with van der Waals surface area (Å²) >= 11 is 3.44. The Bertz CT molecular complexity index is 2830. The zero-order valence-electron chi connectivity index (χ0n) is 40.3. The summed E-state index contributed by atoms with van der Waals surface area (Å²) in [5.74, 6) is 1.17. The Balaban J connectivity index is 0.000000198. The van der Waals surface area contributed by atoms with E-state index in [9.17, 15) is 34.8 Å². The number of hydrogen-bond donors (Lipinski definition) is 1. The van der Waals surface area contributed by atoms with Crippen molar-refractivity contribution in [3.8, 4) is 45.8 Å². The molecule has 6 aromatic rings. The van der Waals surface area contributed by atoms with E-state index >= 15 is 0 Å². The summed E-state index contributed by atoms with van der Waals surface area (Å²) in [6, 6.07) is 28.2. The second-order valence-corrected chi connectivity index (χ2v) is 23.1. The minimum absolute atomic E-state index is 0.247. The Morgan fingerprint density at radius 1 is 0.662 bits per heavy atom. The van der Waals surface area contributed by atoms with Crippen molar-refractivity contribution in [2.45, 2.75) is 95.9 Å². The van der Waals surface area contributed by atoms with Crippen LogP contribution in [0.15, 0.2) is 118 Å². The summed E-state index contributed by atoms with van der Waals surface area (Å²) in [7, 11) is -2.38. The molecule has 0 aliphatic carbocycles. The molecule has 71 heavy (non-hydrogen) atoms. The summed E-state index contributed by atoms with van der Waals surface area (Å²) in [4.78, 5) is 0. The van der Waals surface area contributed by atoms with Crippen molar-refractivity contribution in [2.75, 3.05) is 26.4 Å². The maximum atomic E-state index is 12.8. The van der Waals surface area contributed by atoms with Crippen molar-refractivity contribution in [3.63, 3.8) is 0 Å². The first-order chi connectivity index (χ1) is 33.3. The third-order valence-electron chi connectivity index (χ3n) is 10.6. The predicted molar refractivity (Wildman–Crippen MR) is 267 cm³/mol. The molecule has 0 saturated carbocycles. The van der Waals surface area contributed by atoms with E-state index in [2.05, 4.69) is 35.2 Å². The lowest BCUT2D eigenvalue weighted by Crippen LogP contribution is -2.59. The lowest BCUT2D eigenvalue weighted by molar-refractivity contribution is -0.138. The molecule has 2 aromatic heterocycles. The second kappa shape index (κ2) is 22.7. The van der Waals surface area contributed by atoms with Gasteiger partial charge in [0.1, 0.15) is 28.0 Å². The standard InChI is InChI=1S/C25H28F3N3O3S.C18H14BrF3N2O.C7H13NO2S/c1-5-31-21(14-22(29-31)34-20-11-9-18(10-12-20)25(26,27)28)17-7-6-8-19(13-17)24(15-33-16-24)30-35(32)23(2,3)4;1-2-24-16(12-4-3-5-14(19)10-12)11-17(23-24)25-15-8-6-13(7-9-15)18(20,21)22;1-7(2,3)11(9)8-6-4-10-5-6/h6-14,30H,5,15-16H2,1-4H3;3-11H,2H2,1H3;4-5H2,1-3H3. The van der Waals surface area contributed by atoms with Gasteiger partial charge in [0, 0.05) is 40.8 Å². The Morgan fingerprint density at radius 2 is 1.13 bits per heavy atom. The first-order valence-electron chi connectivity index (χ1n) is 22.3. The topological polar surface area (TPSA) is 131 Å². The molecule has 0 radical (unpaired) electrons. The number of aromatic nitrogens is 4. The monoisotopic (exact) mass is 1090 g/mol. The van der Waals surface area contributed by atoms with Gasteiger partial charge >= 0.3 is 12.4 Å². The van der Waals surface area contributed by atoms with Crippen molar-refractivity contribution in [3.05, 3.63) is 130 Å². The molecule has 12 nitrogen and oxygen atoms in total. The van der Waals surface area contributed by atoms with Crippen LogP contribution in [0.25, 0.3) is 22.5 Å². The summed E-state index contributed by atoms with van der Waals surface area (Å²) in [5.41, 5.74) is 3.37. The highest BCUT2D eigenvalue weighted by molar-refractivity contribution is 9.10. The highest BCUT2D eigenvalue weighted by atomic mass is 79.9. The first kappa shape index (κ1) is 55.1. The van der Waals surface area contributed by atoms with Gasteiger partial charge in [0.15, 0.2) is 0 Å². The van der Waals surface area contributed by atoms with E-state index in [1.807, 2.05) is 104 Å². The van der Waals surface area contributed by atoms with Gasteiger partial charge in [-0.15, -0.1) is 10.2 Å². The average Bonchev–Trinajstić information content (AvgIpc) is 3.89. The lowest BCUT2D eigenvalue weighted by Gasteiger charge is -2.43. The maximum Gasteiger partial charge on any atom is 0.416 e. The molecule has 2 unspecified atom stereocenters. The second-order valence-electron chi connectivity index (χ2n) is 18.3. The van der Waals surface area contributed by atoms with E-state index in [0.29, 0.717) is 51.1 Å². The van der Waals surface area contributed by atoms with Crippen LogP contribution in [-0.4, -0.2) is 69.6 Å². The zero-order chi connectivity index (χ0) is 51.9. The van der Waals surface area contributed by atoms with Crippen LogP contribution in [0.5, 0.6) is 23.3 Å². The largest absolute Gasteiger partial charge is 0.438 e. The third kappa shape index (κ3) is 14.7. The highest BCUT2D eigenvalue weighted by Crippen LogP contribution is 2.37. The lowest BCUT2D eigenvalue weighted by atomic mass is 9.88. The smallest absolute Gasteiger partial charge is 0.416 e. The van der Waals surface area contributed by atoms with Crippen LogP contribution < -0.4 is 14.2 Å². The van der Waals surface area contributed by atoms with Gasteiger partial charge in [-0.3, -0.25) is 9.36 Å². The summed E-state index contributed by atoms with van der Waals surface area (Å²) < 4.78 is 133.